The lowest BCUT2D eigenvalue weighted by molar-refractivity contribution is 0.0755. The number of amides is 2. The van der Waals surface area contributed by atoms with Crippen molar-refractivity contribution < 1.29 is 14.3 Å². The third-order valence-electron chi connectivity index (χ3n) is 4.85. The minimum atomic E-state index is -0.356. The number of carbonyl (C=O) groups excluding carboxylic acids is 2. The summed E-state index contributed by atoms with van der Waals surface area (Å²) in [4.78, 5) is 28.4. The van der Waals surface area contributed by atoms with E-state index in [9.17, 15) is 9.59 Å². The van der Waals surface area contributed by atoms with Crippen LogP contribution in [-0.2, 0) is 4.74 Å². The number of hydrogen-bond donors (Lipinski definition) is 0. The second kappa shape index (κ2) is 8.65. The Hall–Kier alpha value is -2.54. The van der Waals surface area contributed by atoms with E-state index < -0.39 is 0 Å². The largest absolute Gasteiger partial charge is 0.453 e. The fraction of sp³-hybridized carbons (Fsp3) is 0.450. The number of benzene rings is 1. The first-order valence-corrected chi connectivity index (χ1v) is 9.76. The smallest absolute Gasteiger partial charge is 0.409 e. The Kier molecular flexibility index (Phi) is 6.24. The molecule has 2 aromatic rings. The zero-order chi connectivity index (χ0) is 20.3. The number of rotatable bonds is 3. The SMILES string of the molecule is COC(=O)N1CCCN(C(=O)c2cnn(-c3cccc(Cl)c3)c2C(C)C)CC1. The summed E-state index contributed by atoms with van der Waals surface area (Å²) >= 11 is 6.13. The highest BCUT2D eigenvalue weighted by Gasteiger charge is 2.27. The van der Waals surface area contributed by atoms with E-state index in [0.717, 1.165) is 11.4 Å². The molecule has 0 bridgehead atoms. The van der Waals surface area contributed by atoms with Crippen molar-refractivity contribution in [3.8, 4) is 5.69 Å². The van der Waals surface area contributed by atoms with Crippen molar-refractivity contribution in [1.29, 1.82) is 0 Å². The first kappa shape index (κ1) is 20.2. The quantitative estimate of drug-likeness (QED) is 0.784. The highest BCUT2D eigenvalue weighted by Crippen LogP contribution is 2.26. The molecule has 0 atom stereocenters. The second-order valence-corrected chi connectivity index (χ2v) is 7.53. The number of ether oxygens (including phenoxy) is 1. The van der Waals surface area contributed by atoms with Crippen LogP contribution in [0.25, 0.3) is 5.69 Å². The number of carbonyl (C=O) groups is 2. The minimum Gasteiger partial charge on any atom is -0.453 e. The molecule has 8 heteroatoms. The van der Waals surface area contributed by atoms with E-state index in [2.05, 4.69) is 5.10 Å². The molecule has 1 aliphatic rings. The lowest BCUT2D eigenvalue weighted by Crippen LogP contribution is -2.37. The molecule has 0 saturated carbocycles. The van der Waals surface area contributed by atoms with Crippen LogP contribution in [0, 0.1) is 0 Å². The van der Waals surface area contributed by atoms with Crippen molar-refractivity contribution >= 4 is 23.6 Å². The molecule has 0 aliphatic carbocycles. The van der Waals surface area contributed by atoms with Gasteiger partial charge in [-0.15, -0.1) is 0 Å². The molecule has 0 N–H and O–H groups in total. The summed E-state index contributed by atoms with van der Waals surface area (Å²) in [5.74, 6) is 0.0303. The summed E-state index contributed by atoms with van der Waals surface area (Å²) < 4.78 is 6.58. The molecular weight excluding hydrogens is 380 g/mol. The average molecular weight is 405 g/mol. The van der Waals surface area contributed by atoms with Crippen molar-refractivity contribution in [2.45, 2.75) is 26.2 Å². The average Bonchev–Trinajstić information content (AvgIpc) is 2.98. The molecule has 0 radical (unpaired) electrons. The molecule has 1 fully saturated rings. The zero-order valence-corrected chi connectivity index (χ0v) is 17.1. The number of hydrogen-bond acceptors (Lipinski definition) is 4. The lowest BCUT2D eigenvalue weighted by Gasteiger charge is -2.22. The minimum absolute atomic E-state index is 0.0660. The molecule has 3 rings (SSSR count). The van der Waals surface area contributed by atoms with E-state index >= 15 is 0 Å². The predicted molar refractivity (Wildman–Crippen MR) is 107 cm³/mol. The number of methoxy groups -OCH3 is 1. The van der Waals surface area contributed by atoms with Crippen LogP contribution in [0.5, 0.6) is 0 Å². The van der Waals surface area contributed by atoms with Gasteiger partial charge in [-0.3, -0.25) is 4.79 Å². The normalized spacial score (nSPS) is 14.9. The lowest BCUT2D eigenvalue weighted by atomic mass is 10.0. The predicted octanol–water partition coefficient (Wildman–Crippen LogP) is 3.56. The zero-order valence-electron chi connectivity index (χ0n) is 16.4. The molecule has 2 amide bonds. The van der Waals surface area contributed by atoms with Gasteiger partial charge in [0.25, 0.3) is 5.91 Å². The molecule has 150 valence electrons. The van der Waals surface area contributed by atoms with Crippen molar-refractivity contribution in [2.24, 2.45) is 0 Å². The highest BCUT2D eigenvalue weighted by molar-refractivity contribution is 6.30. The Labute approximate surface area is 169 Å². The van der Waals surface area contributed by atoms with Crippen LogP contribution in [0.4, 0.5) is 4.79 Å². The van der Waals surface area contributed by atoms with Gasteiger partial charge in [0, 0.05) is 31.2 Å². The van der Waals surface area contributed by atoms with Crippen LogP contribution in [0.2, 0.25) is 5.02 Å². The summed E-state index contributed by atoms with van der Waals surface area (Å²) in [6.45, 7) is 6.17. The molecular formula is C20H25ClN4O3. The third kappa shape index (κ3) is 4.14. The maximum Gasteiger partial charge on any atom is 0.409 e. The van der Waals surface area contributed by atoms with Gasteiger partial charge in [-0.2, -0.15) is 5.10 Å². The monoisotopic (exact) mass is 404 g/mol. The van der Waals surface area contributed by atoms with E-state index in [-0.39, 0.29) is 17.9 Å². The van der Waals surface area contributed by atoms with Crippen LogP contribution >= 0.6 is 11.6 Å². The molecule has 7 nitrogen and oxygen atoms in total. The van der Waals surface area contributed by atoms with Gasteiger partial charge >= 0.3 is 6.09 Å². The van der Waals surface area contributed by atoms with Gasteiger partial charge in [-0.1, -0.05) is 31.5 Å². The van der Waals surface area contributed by atoms with Crippen LogP contribution in [-0.4, -0.2) is 64.9 Å². The summed E-state index contributed by atoms with van der Waals surface area (Å²) in [6, 6.07) is 7.41. The van der Waals surface area contributed by atoms with E-state index in [1.165, 1.54) is 7.11 Å². The summed E-state index contributed by atoms with van der Waals surface area (Å²) in [6.07, 6.45) is 1.98. The molecule has 0 spiro atoms. The van der Waals surface area contributed by atoms with Crippen molar-refractivity contribution in [1.82, 2.24) is 19.6 Å². The van der Waals surface area contributed by atoms with Gasteiger partial charge in [0.15, 0.2) is 0 Å². The Morgan fingerprint density at radius 1 is 1.14 bits per heavy atom. The first-order valence-electron chi connectivity index (χ1n) is 9.38. The van der Waals surface area contributed by atoms with Crippen molar-refractivity contribution in [3.05, 3.63) is 46.7 Å². The Morgan fingerprint density at radius 2 is 1.86 bits per heavy atom. The molecule has 1 aromatic heterocycles. The van der Waals surface area contributed by atoms with Gasteiger partial charge in [0.05, 0.1) is 30.3 Å². The fourth-order valence-electron chi connectivity index (χ4n) is 3.49. The molecule has 1 saturated heterocycles. The molecule has 2 heterocycles. The summed E-state index contributed by atoms with van der Waals surface area (Å²) in [5, 5.41) is 5.09. The van der Waals surface area contributed by atoms with Gasteiger partial charge in [-0.25, -0.2) is 9.48 Å². The van der Waals surface area contributed by atoms with Crippen LogP contribution in [0.1, 0.15) is 42.2 Å². The number of halogens is 1. The van der Waals surface area contributed by atoms with Crippen LogP contribution in [0.3, 0.4) is 0 Å². The topological polar surface area (TPSA) is 67.7 Å². The highest BCUT2D eigenvalue weighted by atomic mass is 35.5. The van der Waals surface area contributed by atoms with Gasteiger partial charge in [-0.05, 0) is 30.5 Å². The Morgan fingerprint density at radius 3 is 2.54 bits per heavy atom. The molecule has 1 aromatic carbocycles. The maximum absolute atomic E-state index is 13.2. The third-order valence-corrected chi connectivity index (χ3v) is 5.09. The second-order valence-electron chi connectivity index (χ2n) is 7.09. The Balaban J connectivity index is 1.87. The van der Waals surface area contributed by atoms with E-state index in [1.807, 2.05) is 32.0 Å². The number of aromatic nitrogens is 2. The van der Waals surface area contributed by atoms with Crippen LogP contribution < -0.4 is 0 Å². The maximum atomic E-state index is 13.2. The standard InChI is InChI=1S/C20H25ClN4O3/c1-14(2)18-17(13-22-25(18)16-7-4-6-15(21)12-16)19(26)23-8-5-9-24(11-10-23)20(27)28-3/h4,6-7,12-14H,5,8-11H2,1-3H3. The van der Waals surface area contributed by atoms with E-state index in [1.54, 1.807) is 26.7 Å². The van der Waals surface area contributed by atoms with E-state index in [4.69, 9.17) is 16.3 Å². The van der Waals surface area contributed by atoms with Crippen molar-refractivity contribution in [3.63, 3.8) is 0 Å². The Bertz CT molecular complexity index is 865. The molecule has 0 unspecified atom stereocenters. The van der Waals surface area contributed by atoms with Gasteiger partial charge < -0.3 is 14.5 Å². The van der Waals surface area contributed by atoms with Crippen LogP contribution in [0.15, 0.2) is 30.5 Å². The van der Waals surface area contributed by atoms with Crippen molar-refractivity contribution in [2.75, 3.05) is 33.3 Å². The molecule has 28 heavy (non-hydrogen) atoms. The first-order chi connectivity index (χ1) is 13.4. The van der Waals surface area contributed by atoms with Gasteiger partial charge in [0.2, 0.25) is 0 Å². The summed E-state index contributed by atoms with van der Waals surface area (Å²) in [7, 11) is 1.37. The molecule has 1 aliphatic heterocycles. The fourth-order valence-corrected chi connectivity index (χ4v) is 3.68. The summed E-state index contributed by atoms with van der Waals surface area (Å²) in [5.41, 5.74) is 2.26. The van der Waals surface area contributed by atoms with E-state index in [0.29, 0.717) is 43.2 Å². The van der Waals surface area contributed by atoms with Gasteiger partial charge in [0.1, 0.15) is 0 Å². The number of nitrogens with zero attached hydrogens (tertiary/aromatic N) is 4.